The Hall–Kier alpha value is -7.78. The number of phosphoric acid groups is 1. The van der Waals surface area contributed by atoms with Gasteiger partial charge in [0.2, 0.25) is 29.5 Å². The maximum atomic E-state index is 13.9. The van der Waals surface area contributed by atoms with E-state index in [1.807, 2.05) is 0 Å². The Morgan fingerprint density at radius 1 is 0.648 bits per heavy atom. The van der Waals surface area contributed by atoms with E-state index in [9.17, 15) is 86.4 Å². The predicted octanol–water partition coefficient (Wildman–Crippen LogP) is 0.608. The SMILES string of the molecule is CC[C@H](C)[C@H](NC(=O)[C@H](CCC(=O)O)NC(=O)[C@H](CCC(=O)O)NC(=O)[C@H](Cc1ccc(OP(=O)(O)O)cc1)NC(=O)/C=C/c1ccc(O)c(O)c1)C(=O)N[C@@H](CCC(=O)O)C(=O)O.O=C(O)C(F)(F)F. The van der Waals surface area contributed by atoms with Gasteiger partial charge in [-0.25, -0.2) is 14.2 Å². The lowest BCUT2D eigenvalue weighted by Gasteiger charge is -2.28. The van der Waals surface area contributed by atoms with Gasteiger partial charge in [0.05, 0.1) is 0 Å². The van der Waals surface area contributed by atoms with Gasteiger partial charge in [-0.1, -0.05) is 38.5 Å². The summed E-state index contributed by atoms with van der Waals surface area (Å²) in [5.74, 6) is -15.8. The van der Waals surface area contributed by atoms with E-state index in [2.05, 4.69) is 31.1 Å². The molecule has 0 aliphatic rings. The number of phenols is 2. The summed E-state index contributed by atoms with van der Waals surface area (Å²) in [7, 11) is -4.95. The smallest absolute Gasteiger partial charge is 0.504 e. The van der Waals surface area contributed by atoms with E-state index >= 15 is 0 Å². The highest BCUT2D eigenvalue weighted by atomic mass is 31.2. The summed E-state index contributed by atoms with van der Waals surface area (Å²) in [4.78, 5) is 141. The number of phenolic OH excluding ortho intramolecular Hbond substituents is 2. The zero-order chi connectivity index (χ0) is 54.4. The van der Waals surface area contributed by atoms with E-state index in [0.717, 1.165) is 30.3 Å². The van der Waals surface area contributed by atoms with Gasteiger partial charge in [-0.05, 0) is 66.6 Å². The molecule has 26 nitrogen and oxygen atoms in total. The highest BCUT2D eigenvalue weighted by Gasteiger charge is 2.38. The molecule has 0 bridgehead atoms. The molecule has 0 saturated heterocycles. The van der Waals surface area contributed by atoms with Gasteiger partial charge in [0.1, 0.15) is 36.0 Å². The van der Waals surface area contributed by atoms with Crippen LogP contribution in [0.2, 0.25) is 0 Å². The van der Waals surface area contributed by atoms with Gasteiger partial charge >= 0.3 is 43.8 Å². The molecule has 2 aromatic carbocycles. The van der Waals surface area contributed by atoms with Crippen molar-refractivity contribution < 1.29 is 116 Å². The normalized spacial score (nSPS) is 13.8. The summed E-state index contributed by atoms with van der Waals surface area (Å²) in [5.41, 5.74) is 0.509. The minimum Gasteiger partial charge on any atom is -0.504 e. The van der Waals surface area contributed by atoms with Crippen molar-refractivity contribution in [2.45, 2.75) is 102 Å². The Morgan fingerprint density at radius 3 is 1.52 bits per heavy atom. The first kappa shape index (κ1) is 61.2. The average Bonchev–Trinajstić information content (AvgIpc) is 3.26. The lowest BCUT2D eigenvalue weighted by molar-refractivity contribution is -0.192. The van der Waals surface area contributed by atoms with Crippen LogP contribution in [-0.4, -0.2) is 141 Å². The van der Waals surface area contributed by atoms with Crippen molar-refractivity contribution in [2.75, 3.05) is 0 Å². The molecule has 0 heterocycles. The largest absolute Gasteiger partial charge is 0.524 e. The number of carboxylic acid groups (broad SMARTS) is 5. The molecule has 0 unspecified atom stereocenters. The van der Waals surface area contributed by atoms with Gasteiger partial charge in [0.15, 0.2) is 11.5 Å². The number of nitrogens with one attached hydrogen (secondary N) is 5. The number of benzene rings is 2. The lowest BCUT2D eigenvalue weighted by atomic mass is 9.96. The van der Waals surface area contributed by atoms with Crippen molar-refractivity contribution in [1.29, 1.82) is 0 Å². The Bertz CT molecular complexity index is 2330. The van der Waals surface area contributed by atoms with Crippen molar-refractivity contribution in [3.63, 3.8) is 0 Å². The molecule has 71 heavy (non-hydrogen) atoms. The maximum Gasteiger partial charge on any atom is 0.524 e. The number of halogens is 3. The molecule has 2 aromatic rings. The molecule has 6 atom stereocenters. The third-order valence-corrected chi connectivity index (χ3v) is 9.95. The molecule has 5 amide bonds. The van der Waals surface area contributed by atoms with Gasteiger partial charge in [0, 0.05) is 31.8 Å². The first-order valence-electron chi connectivity index (χ1n) is 20.6. The molecule has 30 heteroatoms. The van der Waals surface area contributed by atoms with Crippen LogP contribution in [0.5, 0.6) is 17.2 Å². The van der Waals surface area contributed by atoms with Crippen LogP contribution in [0.3, 0.4) is 0 Å². The molecule has 0 radical (unpaired) electrons. The Labute approximate surface area is 399 Å². The number of carbonyl (C=O) groups excluding carboxylic acids is 5. The summed E-state index contributed by atoms with van der Waals surface area (Å²) in [6.07, 6.45) is -6.90. The van der Waals surface area contributed by atoms with Gasteiger partial charge in [-0.15, -0.1) is 0 Å². The van der Waals surface area contributed by atoms with E-state index < -0.39 is 160 Å². The third kappa shape index (κ3) is 24.4. The number of carbonyl (C=O) groups is 10. The van der Waals surface area contributed by atoms with Crippen LogP contribution in [0, 0.1) is 5.92 Å². The number of carboxylic acids is 5. The van der Waals surface area contributed by atoms with Crippen LogP contribution >= 0.6 is 7.82 Å². The number of aliphatic carboxylic acids is 5. The Kier molecular flexibility index (Phi) is 24.7. The molecular weight excluding hydrogens is 986 g/mol. The molecule has 2 rings (SSSR count). The zero-order valence-electron chi connectivity index (χ0n) is 37.3. The van der Waals surface area contributed by atoms with Crippen molar-refractivity contribution >= 4 is 73.3 Å². The second kappa shape index (κ2) is 28.6. The number of amides is 5. The summed E-state index contributed by atoms with van der Waals surface area (Å²) >= 11 is 0. The van der Waals surface area contributed by atoms with Crippen LogP contribution in [0.25, 0.3) is 6.08 Å². The molecule has 392 valence electrons. The third-order valence-electron chi connectivity index (χ3n) is 9.50. The molecule has 0 aliphatic heterocycles. The molecule has 14 N–H and O–H groups in total. The fraction of sp³-hybridized carbons (Fsp3) is 0.415. The summed E-state index contributed by atoms with van der Waals surface area (Å²) in [6.45, 7) is 3.13. The summed E-state index contributed by atoms with van der Waals surface area (Å²) in [5, 5.41) is 75.4. The Morgan fingerprint density at radius 2 is 1.10 bits per heavy atom. The minimum atomic E-state index is -5.08. The number of phosphoric ester groups is 1. The van der Waals surface area contributed by atoms with E-state index in [1.165, 1.54) is 31.2 Å². The number of aromatic hydroxyl groups is 2. The van der Waals surface area contributed by atoms with Crippen LogP contribution in [0.1, 0.15) is 69.9 Å². The highest BCUT2D eigenvalue weighted by Crippen LogP contribution is 2.37. The average molecular weight is 1040 g/mol. The second-order valence-corrected chi connectivity index (χ2v) is 16.2. The first-order chi connectivity index (χ1) is 32.8. The van der Waals surface area contributed by atoms with E-state index in [0.29, 0.717) is 0 Å². The number of alkyl halides is 3. The van der Waals surface area contributed by atoms with Crippen LogP contribution < -0.4 is 31.1 Å². The van der Waals surface area contributed by atoms with Gasteiger partial charge in [-0.3, -0.25) is 48.1 Å². The van der Waals surface area contributed by atoms with Gasteiger partial charge in [0.25, 0.3) is 0 Å². The van der Waals surface area contributed by atoms with Crippen molar-refractivity contribution in [3.05, 3.63) is 59.7 Å². The quantitative estimate of drug-likeness (QED) is 0.0331. The van der Waals surface area contributed by atoms with Crippen LogP contribution in [0.4, 0.5) is 13.2 Å². The fourth-order valence-electron chi connectivity index (χ4n) is 5.66. The molecule has 0 aliphatic carbocycles. The number of rotatable bonds is 27. The Balaban J connectivity index is 0.00000333. The molecule has 0 saturated carbocycles. The van der Waals surface area contributed by atoms with Gasteiger partial charge in [-0.2, -0.15) is 13.2 Å². The molecule has 0 spiro atoms. The standard InChI is InChI=1S/C39H50N5O19P.C2HF3O2/c1-3-20(2)34(38(57)43-26(39(58)59)12-17-33(52)53)44-36(55)25(11-16-32(50)51)41-35(54)24(10-15-31(48)49)42-37(56)27(18-21-4-8-23(9-5-21)63-64(60,61)62)40-30(47)14-7-22-6-13-28(45)29(46)19-22;3-2(4,5)1(6)7/h4-9,13-14,19-20,24-27,34,45-46H,3,10-12,15-18H2,1-2H3,(H,40,47)(H,41,54)(H,42,56)(H,43,57)(H,44,55)(H,48,49)(H,50,51)(H,52,53)(H,58,59)(H2,60,61,62);(H,6,7)/b14-7+;/t20-,24-,25-,26-,27-,34-;/m0./s1. The monoisotopic (exact) mass is 1040 g/mol. The van der Waals surface area contributed by atoms with Crippen molar-refractivity contribution in [3.8, 4) is 17.2 Å². The summed E-state index contributed by atoms with van der Waals surface area (Å²) in [6, 6.07) is 0.199. The van der Waals surface area contributed by atoms with E-state index in [-0.39, 0.29) is 29.7 Å². The summed E-state index contributed by atoms with van der Waals surface area (Å²) < 4.78 is 47.5. The van der Waals surface area contributed by atoms with Gasteiger partial charge < -0.3 is 66.9 Å². The van der Waals surface area contributed by atoms with E-state index in [1.54, 1.807) is 6.92 Å². The van der Waals surface area contributed by atoms with Crippen LogP contribution in [-0.2, 0) is 58.9 Å². The fourth-order valence-corrected chi connectivity index (χ4v) is 6.06. The minimum absolute atomic E-state index is 0.222. The van der Waals surface area contributed by atoms with Crippen molar-refractivity contribution in [1.82, 2.24) is 26.6 Å². The maximum absolute atomic E-state index is 13.9. The number of hydrogen-bond donors (Lipinski definition) is 14. The predicted molar refractivity (Wildman–Crippen MR) is 233 cm³/mol. The molecule has 0 aromatic heterocycles. The van der Waals surface area contributed by atoms with Crippen molar-refractivity contribution in [2.24, 2.45) is 5.92 Å². The highest BCUT2D eigenvalue weighted by molar-refractivity contribution is 7.46. The second-order valence-electron chi connectivity index (χ2n) is 15.1. The lowest BCUT2D eigenvalue weighted by Crippen LogP contribution is -2.60. The molecular formula is C41H51F3N5O21P. The number of hydrogen-bond acceptors (Lipinski definition) is 14. The van der Waals surface area contributed by atoms with Crippen LogP contribution in [0.15, 0.2) is 48.5 Å². The topological polar surface area (TPSA) is 439 Å². The molecule has 0 fully saturated rings. The zero-order valence-corrected chi connectivity index (χ0v) is 38.2. The van der Waals surface area contributed by atoms with E-state index in [4.69, 9.17) is 24.8 Å². The first-order valence-corrected chi connectivity index (χ1v) is 22.1.